The van der Waals surface area contributed by atoms with Gasteiger partial charge in [-0.1, -0.05) is 428 Å². The number of esters is 4. The van der Waals surface area contributed by atoms with E-state index in [-0.39, 0.29) is 38.5 Å². The van der Waals surface area contributed by atoms with E-state index < -0.39 is 130 Å². The summed E-state index contributed by atoms with van der Waals surface area (Å²) in [5, 5.41) is 41.5. The van der Waals surface area contributed by atoms with Crippen LogP contribution in [-0.4, -0.2) is 147 Å². The third kappa shape index (κ3) is 62.9. The Labute approximate surface area is 757 Å². The Hall–Kier alpha value is -3.27. The molecule has 0 aromatic rings. The van der Waals surface area contributed by atoms with Crippen LogP contribution < -0.4 is 10.6 Å². The van der Waals surface area contributed by atoms with Gasteiger partial charge in [0.25, 0.3) is 0 Å². The van der Waals surface area contributed by atoms with Crippen molar-refractivity contribution in [3.8, 4) is 0 Å². The number of hydrogen-bond donors (Lipinski definition) is 7. The highest BCUT2D eigenvalue weighted by Crippen LogP contribution is 2.50. The summed E-state index contributed by atoms with van der Waals surface area (Å²) in [7, 11) is -5.42. The van der Waals surface area contributed by atoms with Crippen molar-refractivity contribution in [2.75, 3.05) is 13.2 Å². The van der Waals surface area contributed by atoms with Crippen LogP contribution in [0.4, 0.5) is 0 Å². The fourth-order valence-corrected chi connectivity index (χ4v) is 19.0. The van der Waals surface area contributed by atoms with Gasteiger partial charge >= 0.3 is 31.5 Å². The Bertz CT molecular complexity index is 2600. The van der Waals surface area contributed by atoms with Crippen molar-refractivity contribution in [1.29, 1.82) is 0 Å². The molecule has 4 unspecified atom stereocenters. The number of nitrogens with one attached hydrogen (secondary N) is 2. The number of ether oxygens (including phenoxy) is 7. The normalized spacial score (nSPS) is 19.7. The Kier molecular flexibility index (Phi) is 74.9. The van der Waals surface area contributed by atoms with Gasteiger partial charge in [-0.05, 0) is 63.2 Å². The van der Waals surface area contributed by atoms with Gasteiger partial charge < -0.3 is 68.9 Å². The molecule has 124 heavy (non-hydrogen) atoms. The summed E-state index contributed by atoms with van der Waals surface area (Å²) in [6.45, 7) is 16.2. The van der Waals surface area contributed by atoms with Crippen molar-refractivity contribution in [2.45, 2.75) is 591 Å². The van der Waals surface area contributed by atoms with Crippen molar-refractivity contribution in [1.82, 2.24) is 10.6 Å². The predicted molar refractivity (Wildman–Crippen MR) is 503 cm³/mol. The molecule has 0 aromatic heterocycles. The van der Waals surface area contributed by atoms with Crippen molar-refractivity contribution in [3.63, 3.8) is 0 Å². The standard InChI is InChI=1S/C102H193N2O19P/c1-9-13-17-21-25-29-31-33-35-43-53-61-69-77-93(110)122-98-95(103-89(106)79-85(73-65-57-49-39-27-23-19-15-11-3)118-91(108)75-67-59-51-45-37-41-47-55-63-71-83(5)6)101(113)120-88(97(98)112)82-117-102-96(99(100(124(114,115)116)87(81-105)121-102)123-94(111)78-70-62-54-44-36-34-32-30-26-22-18-14-10-2)104-90(107)80-86(74-66-58-50-40-28-24-20-16-12-4)119-92(109)76-68-60-52-46-38-42-48-56-64-72-84(7)8/h83-88,95-102,105,112-113H,9-82H2,1-8H3,(H,103,106)(H,104,107)(H2,114,115,116)/t85-,86-,87?,88?,95+,96+,97-,98?,99?,100-,101-,102-/m1/s1. The molecule has 2 heterocycles. The van der Waals surface area contributed by atoms with Gasteiger partial charge in [0, 0.05) is 25.7 Å². The highest BCUT2D eigenvalue weighted by atomic mass is 31.2. The van der Waals surface area contributed by atoms with Gasteiger partial charge in [-0.25, -0.2) is 0 Å². The van der Waals surface area contributed by atoms with E-state index >= 15 is 0 Å². The Balaban J connectivity index is 2.60. The zero-order valence-corrected chi connectivity index (χ0v) is 81.7. The highest BCUT2D eigenvalue weighted by molar-refractivity contribution is 7.52. The summed E-state index contributed by atoms with van der Waals surface area (Å²) in [4.78, 5) is 108. The second-order valence-corrected chi connectivity index (χ2v) is 40.1. The minimum atomic E-state index is -5.42. The molecule has 0 radical (unpaired) electrons. The molecule has 2 fully saturated rings. The maximum Gasteiger partial charge on any atom is 0.335 e. The quantitative estimate of drug-likeness (QED) is 0.0129. The van der Waals surface area contributed by atoms with Gasteiger partial charge in [-0.3, -0.25) is 33.3 Å². The Morgan fingerprint density at radius 3 is 0.895 bits per heavy atom. The number of aliphatic hydroxyl groups is 3. The second-order valence-electron chi connectivity index (χ2n) is 38.4. The molecule has 2 saturated heterocycles. The lowest BCUT2D eigenvalue weighted by molar-refractivity contribution is -0.287. The minimum absolute atomic E-state index is 0.0343. The molecule has 7 N–H and O–H groups in total. The fourth-order valence-electron chi connectivity index (χ4n) is 17.7. The van der Waals surface area contributed by atoms with E-state index in [4.69, 9.17) is 33.2 Å². The SMILES string of the molecule is CCCCCCCCCCCCCCCC(=O)OC1[C@H](P(=O)(O)O)C(CO)O[C@@H](OCC2O[C@@H](O)[C@@H](NC(=O)C[C@@H](CCCCCCCCCCC)OC(=O)CCCCCCCCCCCC(C)C)C(OC(=O)CCCCCCCCCCCCCCC)[C@@H]2O)[C@H]1NC(=O)C[C@@H](CCCCCCCCCCC)OC(=O)CCCCCCCCCCCC(C)C. The van der Waals surface area contributed by atoms with E-state index in [1.165, 1.54) is 199 Å². The third-order valence-electron chi connectivity index (χ3n) is 25.5. The first-order chi connectivity index (χ1) is 60.1. The molecule has 2 aliphatic heterocycles. The fraction of sp³-hybridized carbons (Fsp3) is 0.941. The van der Waals surface area contributed by atoms with Crippen LogP contribution in [-0.2, 0) is 66.5 Å². The van der Waals surface area contributed by atoms with Crippen LogP contribution in [0.3, 0.4) is 0 Å². The molecule has 730 valence electrons. The van der Waals surface area contributed by atoms with Crippen molar-refractivity contribution in [2.24, 2.45) is 11.8 Å². The molecule has 0 aromatic carbocycles. The third-order valence-corrected chi connectivity index (χ3v) is 26.9. The molecule has 0 aliphatic carbocycles. The number of amides is 2. The van der Waals surface area contributed by atoms with Crippen molar-refractivity contribution in [3.05, 3.63) is 0 Å². The first kappa shape index (κ1) is 117. The number of carbonyl (C=O) groups is 6. The van der Waals surface area contributed by atoms with Crippen LogP contribution in [0.2, 0.25) is 0 Å². The van der Waals surface area contributed by atoms with Crippen LogP contribution in [0.25, 0.3) is 0 Å². The topological polar surface area (TPSA) is 309 Å². The van der Waals surface area contributed by atoms with E-state index in [0.29, 0.717) is 57.8 Å². The van der Waals surface area contributed by atoms with E-state index in [0.717, 1.165) is 179 Å². The second kappa shape index (κ2) is 79.5. The van der Waals surface area contributed by atoms with E-state index in [9.17, 15) is 58.4 Å². The van der Waals surface area contributed by atoms with Gasteiger partial charge in [0.2, 0.25) is 11.8 Å². The van der Waals surface area contributed by atoms with Crippen LogP contribution in [0, 0.1) is 11.8 Å². The molecule has 2 aliphatic rings. The molecule has 0 spiro atoms. The molecule has 0 bridgehead atoms. The van der Waals surface area contributed by atoms with E-state index in [2.05, 4.69) is 66.0 Å². The van der Waals surface area contributed by atoms with Gasteiger partial charge in [0.1, 0.15) is 54.4 Å². The number of aliphatic hydroxyl groups excluding tert-OH is 3. The van der Waals surface area contributed by atoms with Gasteiger partial charge in [0.15, 0.2) is 18.7 Å². The Morgan fingerprint density at radius 2 is 0.605 bits per heavy atom. The van der Waals surface area contributed by atoms with Gasteiger partial charge in [-0.15, -0.1) is 0 Å². The molecular formula is C102H193N2O19P. The first-order valence-electron chi connectivity index (χ1n) is 52.4. The number of rotatable bonds is 87. The summed E-state index contributed by atoms with van der Waals surface area (Å²) < 4.78 is 57.4. The number of carbonyl (C=O) groups excluding carboxylic acids is 6. The largest absolute Gasteiger partial charge is 0.462 e. The Morgan fingerprint density at radius 1 is 0.339 bits per heavy atom. The van der Waals surface area contributed by atoms with E-state index in [1.807, 2.05) is 0 Å². The minimum Gasteiger partial charge on any atom is -0.462 e. The molecule has 22 heteroatoms. The summed E-state index contributed by atoms with van der Waals surface area (Å²) >= 11 is 0. The molecule has 12 atom stereocenters. The lowest BCUT2D eigenvalue weighted by atomic mass is 9.95. The maximum absolute atomic E-state index is 15.0. The van der Waals surface area contributed by atoms with Crippen LogP contribution in [0.1, 0.15) is 518 Å². The van der Waals surface area contributed by atoms with Crippen LogP contribution >= 0.6 is 7.60 Å². The summed E-state index contributed by atoms with van der Waals surface area (Å²) in [5.74, 6) is -2.29. The average molecular weight is 1780 g/mol. The summed E-state index contributed by atoms with van der Waals surface area (Å²) in [6, 6.07) is -3.28. The molecule has 2 rings (SSSR count). The first-order valence-corrected chi connectivity index (χ1v) is 54.1. The zero-order chi connectivity index (χ0) is 90.7. The number of unbranched alkanes of at least 4 members (excludes halogenated alkanes) is 56. The molecule has 2 amide bonds. The van der Waals surface area contributed by atoms with Crippen LogP contribution in [0.15, 0.2) is 0 Å². The molecule has 21 nitrogen and oxygen atoms in total. The van der Waals surface area contributed by atoms with Crippen molar-refractivity contribution < 1.29 is 91.6 Å². The highest BCUT2D eigenvalue weighted by Gasteiger charge is 2.57. The number of hydrogen-bond acceptors (Lipinski definition) is 17. The smallest absolute Gasteiger partial charge is 0.335 e. The maximum atomic E-state index is 15.0. The van der Waals surface area contributed by atoms with Crippen LogP contribution in [0.5, 0.6) is 0 Å². The average Bonchev–Trinajstić information content (AvgIpc) is 0.764. The lowest BCUT2D eigenvalue weighted by Gasteiger charge is -2.46. The van der Waals surface area contributed by atoms with Gasteiger partial charge in [-0.2, -0.15) is 0 Å². The monoisotopic (exact) mass is 1780 g/mol. The lowest BCUT2D eigenvalue weighted by Crippen LogP contribution is -2.67. The van der Waals surface area contributed by atoms with E-state index in [1.54, 1.807) is 0 Å². The molecular weight excluding hydrogens is 1590 g/mol. The zero-order valence-electron chi connectivity index (χ0n) is 80.8. The summed E-state index contributed by atoms with van der Waals surface area (Å²) in [6.07, 6.45) is 55.0. The summed E-state index contributed by atoms with van der Waals surface area (Å²) in [5.41, 5.74) is -2.03. The molecule has 0 saturated carbocycles. The van der Waals surface area contributed by atoms with Gasteiger partial charge in [0.05, 0.1) is 26.1 Å². The van der Waals surface area contributed by atoms with Crippen molar-refractivity contribution >= 4 is 43.3 Å². The predicted octanol–water partition coefficient (Wildman–Crippen LogP) is 25.4.